The summed E-state index contributed by atoms with van der Waals surface area (Å²) in [5, 5.41) is 15.3. The second kappa shape index (κ2) is 15.5. The van der Waals surface area contributed by atoms with Crippen molar-refractivity contribution in [3.05, 3.63) is 59.2 Å². The van der Waals surface area contributed by atoms with Crippen LogP contribution in [0.4, 0.5) is 18.9 Å². The van der Waals surface area contributed by atoms with Gasteiger partial charge in [-0.25, -0.2) is 0 Å². The molecule has 1 atom stereocenters. The van der Waals surface area contributed by atoms with Gasteiger partial charge in [0, 0.05) is 38.3 Å². The van der Waals surface area contributed by atoms with Crippen LogP contribution >= 0.6 is 0 Å². The molecular weight excluding hydrogens is 584 g/mol. The molecule has 1 saturated heterocycles. The van der Waals surface area contributed by atoms with Crippen molar-refractivity contribution in [1.82, 2.24) is 10.2 Å². The van der Waals surface area contributed by atoms with Crippen LogP contribution < -0.4 is 33.3 Å². The summed E-state index contributed by atoms with van der Waals surface area (Å²) in [7, 11) is -1.09. The minimum Gasteiger partial charge on any atom is -0.423 e. The lowest BCUT2D eigenvalue weighted by Gasteiger charge is -2.38. The molecule has 1 spiro atoms. The SMILES string of the molecule is Cc1ccc(C(F)(F)F)cc1.NCCN(CCN)C(=O)CCC(N)C(=O)NCC(=O)Nc1ccc2c(c1)B(O)OC21COC1. The highest BCUT2D eigenvalue weighted by Gasteiger charge is 2.52. The van der Waals surface area contributed by atoms with Gasteiger partial charge in [0.15, 0.2) is 0 Å². The maximum atomic E-state index is 12.3. The summed E-state index contributed by atoms with van der Waals surface area (Å²) in [4.78, 5) is 38.2. The van der Waals surface area contributed by atoms with Gasteiger partial charge in [0.05, 0.1) is 31.4 Å². The standard InChI is InChI=1S/C20H31BN6O6.C8H7F3/c22-5-7-27(8-6-23)18(29)4-3-16(24)19(30)25-10-17(28)26-13-1-2-14-15(9-13)21(31)33-20(14)11-32-12-20;1-6-2-4-7(5-3-6)8(9,10)11/h1-2,9,16,31H,3-8,10-12,22-24H2,(H,25,30)(H,26,28);2-5H,1H3. The molecule has 2 aliphatic heterocycles. The third kappa shape index (κ3) is 9.23. The predicted molar refractivity (Wildman–Crippen MR) is 157 cm³/mol. The fraction of sp³-hybridized carbons (Fsp3) is 0.464. The number of nitrogens with two attached hydrogens (primary N) is 3. The molecular formula is C28H38BF3N6O6. The Bertz CT molecular complexity index is 1290. The maximum absolute atomic E-state index is 12.3. The molecule has 0 radical (unpaired) electrons. The lowest BCUT2D eigenvalue weighted by Crippen LogP contribution is -2.47. The fourth-order valence-corrected chi connectivity index (χ4v) is 4.60. The molecule has 0 bridgehead atoms. The fourth-order valence-electron chi connectivity index (χ4n) is 4.60. The highest BCUT2D eigenvalue weighted by molar-refractivity contribution is 6.62. The Kier molecular flexibility index (Phi) is 12.3. The van der Waals surface area contributed by atoms with E-state index in [0.717, 1.165) is 23.3 Å². The van der Waals surface area contributed by atoms with Gasteiger partial charge in [-0.2, -0.15) is 13.2 Å². The van der Waals surface area contributed by atoms with E-state index in [2.05, 4.69) is 10.6 Å². The minimum atomic E-state index is -4.21. The largest absolute Gasteiger partial charge is 0.492 e. The zero-order chi connectivity index (χ0) is 32.5. The van der Waals surface area contributed by atoms with Gasteiger partial charge in [0.25, 0.3) is 0 Å². The van der Waals surface area contributed by atoms with Crippen LogP contribution in [0.1, 0.15) is 29.5 Å². The monoisotopic (exact) mass is 622 g/mol. The molecule has 2 heterocycles. The summed E-state index contributed by atoms with van der Waals surface area (Å²) in [6.07, 6.45) is -4.01. The molecule has 2 aromatic carbocycles. The van der Waals surface area contributed by atoms with E-state index in [1.165, 1.54) is 17.0 Å². The number of halogens is 3. The highest BCUT2D eigenvalue weighted by Crippen LogP contribution is 2.38. The Morgan fingerprint density at radius 1 is 1.09 bits per heavy atom. The number of fused-ring (bicyclic) bond motifs is 2. The summed E-state index contributed by atoms with van der Waals surface area (Å²) in [5.74, 6) is -1.17. The second-order valence-electron chi connectivity index (χ2n) is 10.5. The Hall–Kier alpha value is -3.54. The number of nitrogens with one attached hydrogen (secondary N) is 2. The van der Waals surface area contributed by atoms with Gasteiger partial charge >= 0.3 is 13.3 Å². The van der Waals surface area contributed by atoms with Gasteiger partial charge < -0.3 is 47.1 Å². The summed E-state index contributed by atoms with van der Waals surface area (Å²) < 4.78 is 46.6. The topological polar surface area (TPSA) is 195 Å². The van der Waals surface area contributed by atoms with Crippen molar-refractivity contribution < 1.29 is 42.0 Å². The molecule has 9 N–H and O–H groups in total. The lowest BCUT2D eigenvalue weighted by atomic mass is 9.77. The average molecular weight is 622 g/mol. The molecule has 1 fully saturated rings. The Morgan fingerprint density at radius 2 is 1.73 bits per heavy atom. The first kappa shape index (κ1) is 34.9. The van der Waals surface area contributed by atoms with Gasteiger partial charge in [-0.3, -0.25) is 14.4 Å². The van der Waals surface area contributed by atoms with Crippen LogP contribution in [-0.2, 0) is 35.6 Å². The lowest BCUT2D eigenvalue weighted by molar-refractivity contribution is -0.168. The first-order valence-corrected chi connectivity index (χ1v) is 14.0. The van der Waals surface area contributed by atoms with E-state index in [1.54, 1.807) is 25.1 Å². The Labute approximate surface area is 253 Å². The van der Waals surface area contributed by atoms with E-state index in [1.807, 2.05) is 0 Å². The molecule has 2 aromatic rings. The third-order valence-corrected chi connectivity index (χ3v) is 7.06. The van der Waals surface area contributed by atoms with Crippen molar-refractivity contribution in [3.8, 4) is 0 Å². The average Bonchev–Trinajstić information content (AvgIpc) is 3.27. The second-order valence-corrected chi connectivity index (χ2v) is 10.5. The van der Waals surface area contributed by atoms with Crippen LogP contribution in [0.5, 0.6) is 0 Å². The molecule has 2 aliphatic rings. The van der Waals surface area contributed by atoms with Crippen LogP contribution in [0, 0.1) is 6.92 Å². The molecule has 4 rings (SSSR count). The molecule has 240 valence electrons. The van der Waals surface area contributed by atoms with E-state index >= 15 is 0 Å². The molecule has 0 aromatic heterocycles. The summed E-state index contributed by atoms with van der Waals surface area (Å²) >= 11 is 0. The number of hydrogen-bond donors (Lipinski definition) is 6. The number of benzene rings is 2. The highest BCUT2D eigenvalue weighted by atomic mass is 19.4. The zero-order valence-corrected chi connectivity index (χ0v) is 24.4. The first-order valence-electron chi connectivity index (χ1n) is 14.0. The number of amides is 3. The number of aryl methyl sites for hydroxylation is 1. The number of hydrogen-bond acceptors (Lipinski definition) is 9. The number of nitrogens with zero attached hydrogens (tertiary/aromatic N) is 1. The van der Waals surface area contributed by atoms with Crippen molar-refractivity contribution in [2.45, 2.75) is 37.6 Å². The van der Waals surface area contributed by atoms with Crippen LogP contribution in [0.15, 0.2) is 42.5 Å². The minimum absolute atomic E-state index is 0.0762. The van der Waals surface area contributed by atoms with Gasteiger partial charge in [0.1, 0.15) is 5.60 Å². The van der Waals surface area contributed by atoms with Crippen LogP contribution in [0.25, 0.3) is 0 Å². The third-order valence-electron chi connectivity index (χ3n) is 7.06. The van der Waals surface area contributed by atoms with Crippen molar-refractivity contribution in [1.29, 1.82) is 0 Å². The normalized spacial score (nSPS) is 15.4. The first-order chi connectivity index (χ1) is 20.8. The zero-order valence-electron chi connectivity index (χ0n) is 24.4. The molecule has 0 saturated carbocycles. The van der Waals surface area contributed by atoms with Gasteiger partial charge in [-0.1, -0.05) is 23.8 Å². The van der Waals surface area contributed by atoms with Crippen molar-refractivity contribution >= 4 is 36.0 Å². The van der Waals surface area contributed by atoms with E-state index in [4.69, 9.17) is 26.6 Å². The van der Waals surface area contributed by atoms with Gasteiger partial charge in [0.2, 0.25) is 17.7 Å². The number of anilines is 1. The molecule has 12 nitrogen and oxygen atoms in total. The van der Waals surface area contributed by atoms with Crippen molar-refractivity contribution in [3.63, 3.8) is 0 Å². The van der Waals surface area contributed by atoms with Gasteiger partial charge in [-0.05, 0) is 48.6 Å². The number of alkyl halides is 3. The van der Waals surface area contributed by atoms with Crippen LogP contribution in [0.2, 0.25) is 0 Å². The number of carbonyl (C=O) groups is 3. The molecule has 16 heteroatoms. The summed E-state index contributed by atoms with van der Waals surface area (Å²) in [5.41, 5.74) is 18.3. The van der Waals surface area contributed by atoms with E-state index in [9.17, 15) is 32.6 Å². The predicted octanol–water partition coefficient (Wildman–Crippen LogP) is -0.448. The smallest absolute Gasteiger partial charge is 0.423 e. The van der Waals surface area contributed by atoms with Gasteiger partial charge in [-0.15, -0.1) is 0 Å². The van der Waals surface area contributed by atoms with Crippen LogP contribution in [-0.4, -0.2) is 86.7 Å². The maximum Gasteiger partial charge on any atom is 0.492 e. The van der Waals surface area contributed by atoms with E-state index < -0.39 is 42.3 Å². The van der Waals surface area contributed by atoms with Crippen molar-refractivity contribution in [2.75, 3.05) is 51.3 Å². The summed E-state index contributed by atoms with van der Waals surface area (Å²) in [6.45, 7) is 3.62. The number of ether oxygens (including phenoxy) is 1. The van der Waals surface area contributed by atoms with Crippen molar-refractivity contribution in [2.24, 2.45) is 17.2 Å². The number of rotatable bonds is 11. The number of carbonyl (C=O) groups excluding carboxylic acids is 3. The Morgan fingerprint density at radius 3 is 2.27 bits per heavy atom. The van der Waals surface area contributed by atoms with Crippen LogP contribution in [0.3, 0.4) is 0 Å². The van der Waals surface area contributed by atoms with E-state index in [-0.39, 0.29) is 25.3 Å². The quantitative estimate of drug-likeness (QED) is 0.180. The molecule has 3 amide bonds. The molecule has 44 heavy (non-hydrogen) atoms. The Balaban J connectivity index is 0.000000404. The molecule has 1 unspecified atom stereocenters. The van der Waals surface area contributed by atoms with E-state index in [0.29, 0.717) is 50.5 Å². The molecule has 0 aliphatic carbocycles. The summed E-state index contributed by atoms with van der Waals surface area (Å²) in [6, 6.07) is 9.24.